The van der Waals surface area contributed by atoms with Crippen molar-refractivity contribution >= 4 is 61.8 Å². The molecule has 0 amide bonds. The van der Waals surface area contributed by atoms with Crippen molar-refractivity contribution in [3.63, 3.8) is 0 Å². The van der Waals surface area contributed by atoms with Crippen molar-refractivity contribution in [1.29, 1.82) is 0 Å². The number of fused-ring (bicyclic) bond motifs is 7. The van der Waals surface area contributed by atoms with Gasteiger partial charge in [-0.25, -0.2) is 4.98 Å². The van der Waals surface area contributed by atoms with Crippen molar-refractivity contribution in [3.05, 3.63) is 176 Å². The number of para-hydroxylation sites is 4. The number of nitrogens with zero attached hydrogens (tertiary/aromatic N) is 4. The minimum absolute atomic E-state index is 0. The van der Waals surface area contributed by atoms with Crippen LogP contribution in [0.2, 0.25) is 0 Å². The fourth-order valence-corrected chi connectivity index (χ4v) is 12.1. The fraction of sp³-hybridized carbons (Fsp3) is 0.200. The average Bonchev–Trinajstić information content (AvgIpc) is 4.05. The van der Waals surface area contributed by atoms with Gasteiger partial charge in [-0.15, -0.1) is 11.6 Å². The van der Waals surface area contributed by atoms with Crippen LogP contribution in [-0.2, 0) is 33.7 Å². The number of hydrogen-bond donors (Lipinski definition) is 0. The number of benzene rings is 7. The van der Waals surface area contributed by atoms with Gasteiger partial charge in [-0.3, -0.25) is 9.55 Å². The van der Waals surface area contributed by atoms with E-state index in [9.17, 15) is 1.37 Å². The third kappa shape index (κ3) is 6.72. The number of hydrogen-bond acceptors (Lipinski definition) is 3. The maximum atomic E-state index is 9.94. The zero-order valence-electron chi connectivity index (χ0n) is 37.6. The van der Waals surface area contributed by atoms with Crippen LogP contribution in [-0.4, -0.2) is 18.9 Å². The molecule has 4 aromatic heterocycles. The summed E-state index contributed by atoms with van der Waals surface area (Å²) in [5.41, 5.74) is 14.3. The van der Waals surface area contributed by atoms with Crippen molar-refractivity contribution in [3.8, 4) is 50.6 Å². The first-order valence-corrected chi connectivity index (χ1v) is 24.0. The van der Waals surface area contributed by atoms with Crippen molar-refractivity contribution < 1.29 is 22.4 Å². The second-order valence-electron chi connectivity index (χ2n) is 18.5. The van der Waals surface area contributed by atoms with E-state index in [0.29, 0.717) is 0 Å². The molecule has 13 rings (SSSR count). The Bertz CT molecular complexity index is 3640. The first kappa shape index (κ1) is 40.2. The van der Waals surface area contributed by atoms with Gasteiger partial charge in [0, 0.05) is 29.6 Å². The molecule has 0 radical (unpaired) electrons. The monoisotopic (exact) mass is 1050 g/mol. The molecular formula is C60H48N4PtS. The summed E-state index contributed by atoms with van der Waals surface area (Å²) < 4.78 is 14.7. The van der Waals surface area contributed by atoms with E-state index in [1.807, 2.05) is 24.4 Å². The summed E-state index contributed by atoms with van der Waals surface area (Å²) in [6, 6.07) is 60.0. The SMILES string of the molecule is [2H]C1(c2ccnc(-c3[c-]c(-c4cccc5c4nc(-c4ccccc4[S-])n5-c4ccccc4-c4ccccc4)c4c5cccc6c7ccccc7n(c4c3)c65)c2)CCC(C2CCCCC2)CC1.[Pt+2]. The van der Waals surface area contributed by atoms with E-state index in [1.165, 1.54) is 59.3 Å². The van der Waals surface area contributed by atoms with E-state index in [1.54, 1.807) is 0 Å². The molecular weight excluding hydrogens is 1000 g/mol. The van der Waals surface area contributed by atoms with Gasteiger partial charge in [-0.1, -0.05) is 182 Å². The molecule has 0 N–H and O–H groups in total. The van der Waals surface area contributed by atoms with Crippen LogP contribution in [0.25, 0.3) is 99.7 Å². The number of rotatable bonds is 7. The molecule has 66 heavy (non-hydrogen) atoms. The van der Waals surface area contributed by atoms with Crippen LogP contribution in [0.5, 0.6) is 0 Å². The Labute approximate surface area is 407 Å². The third-order valence-corrected chi connectivity index (χ3v) is 15.3. The van der Waals surface area contributed by atoms with Gasteiger partial charge in [-0.2, -0.15) is 4.90 Å². The summed E-state index contributed by atoms with van der Waals surface area (Å²) in [5.74, 6) is 1.76. The molecule has 0 spiro atoms. The summed E-state index contributed by atoms with van der Waals surface area (Å²) >= 11 is 6.06. The van der Waals surface area contributed by atoms with Crippen LogP contribution in [0.3, 0.4) is 0 Å². The molecule has 0 aliphatic heterocycles. The second-order valence-corrected chi connectivity index (χ2v) is 18.9. The van der Waals surface area contributed by atoms with Crippen LogP contribution in [0.1, 0.15) is 70.6 Å². The van der Waals surface area contributed by atoms with E-state index in [0.717, 1.165) is 121 Å². The van der Waals surface area contributed by atoms with Crippen LogP contribution >= 0.6 is 0 Å². The maximum Gasteiger partial charge on any atom is 2.00 e. The summed E-state index contributed by atoms with van der Waals surface area (Å²) in [5, 5.41) is 4.79. The standard InChI is InChI=1S/C60H49N4S.Pt/c65-56-28-12-9-21-48(56)60-62-58-46(22-14-27-54(58)64(60)52-25-10-7-19-44(52)41-17-5-2-6-18-41)50-35-43(37-55-57(50)49-24-13-23-47-45-20-8-11-26-53(45)63(55)59(47)49)51-36-42(33-34-61-51)40-31-29-39(30-32-40)38-15-3-1-4-16-38;/h2,5-14,17-28,33-34,36-40,65H,1,3-4,15-16,29-32H2;/q-1;+2/p-1/i40D;. The molecule has 2 fully saturated rings. The van der Waals surface area contributed by atoms with E-state index in [4.69, 9.17) is 22.6 Å². The predicted molar refractivity (Wildman–Crippen MR) is 271 cm³/mol. The molecule has 7 aromatic carbocycles. The minimum atomic E-state index is -0.632. The fourth-order valence-electron chi connectivity index (χ4n) is 11.9. The van der Waals surface area contributed by atoms with Crippen molar-refractivity contribution in [2.24, 2.45) is 11.8 Å². The quantitative estimate of drug-likeness (QED) is 0.118. The maximum absolute atomic E-state index is 9.94. The van der Waals surface area contributed by atoms with Crippen molar-refractivity contribution in [2.75, 3.05) is 0 Å². The third-order valence-electron chi connectivity index (χ3n) is 15.0. The molecule has 11 aromatic rings. The number of pyridine rings is 1. The summed E-state index contributed by atoms with van der Waals surface area (Å²) in [7, 11) is 0. The van der Waals surface area contributed by atoms with E-state index < -0.39 is 5.89 Å². The Morgan fingerprint density at radius 2 is 1.27 bits per heavy atom. The van der Waals surface area contributed by atoms with Gasteiger partial charge < -0.3 is 17.0 Å². The average molecular weight is 1050 g/mol. The smallest absolute Gasteiger partial charge is 0.779 e. The second kappa shape index (κ2) is 16.9. The largest absolute Gasteiger partial charge is 2.00 e. The Kier molecular flexibility index (Phi) is 10.3. The molecule has 2 aliphatic carbocycles. The molecule has 4 nitrogen and oxygen atoms in total. The van der Waals surface area contributed by atoms with Crippen molar-refractivity contribution in [2.45, 2.75) is 68.6 Å². The Hall–Kier alpha value is -6.13. The van der Waals surface area contributed by atoms with E-state index >= 15 is 0 Å². The molecule has 2 saturated carbocycles. The van der Waals surface area contributed by atoms with Gasteiger partial charge in [0.05, 0.1) is 27.8 Å². The Balaban J connectivity index is 0.00000468. The Morgan fingerprint density at radius 3 is 2.12 bits per heavy atom. The van der Waals surface area contributed by atoms with Gasteiger partial charge in [0.25, 0.3) is 0 Å². The van der Waals surface area contributed by atoms with Crippen LogP contribution < -0.4 is 0 Å². The first-order chi connectivity index (χ1) is 32.5. The van der Waals surface area contributed by atoms with Gasteiger partial charge >= 0.3 is 21.1 Å². The number of aromatic nitrogens is 4. The molecule has 0 bridgehead atoms. The predicted octanol–water partition coefficient (Wildman–Crippen LogP) is 15.8. The molecule has 324 valence electrons. The molecule has 0 unspecified atom stereocenters. The Morgan fingerprint density at radius 1 is 0.591 bits per heavy atom. The van der Waals surface area contributed by atoms with E-state index in [-0.39, 0.29) is 21.1 Å². The summed E-state index contributed by atoms with van der Waals surface area (Å²) in [6.45, 7) is 0. The van der Waals surface area contributed by atoms with Gasteiger partial charge in [0.1, 0.15) is 5.82 Å². The van der Waals surface area contributed by atoms with Crippen LogP contribution in [0, 0.1) is 17.9 Å². The van der Waals surface area contributed by atoms with Gasteiger partial charge in [0.15, 0.2) is 0 Å². The minimum Gasteiger partial charge on any atom is -0.779 e. The van der Waals surface area contributed by atoms with Crippen molar-refractivity contribution in [1.82, 2.24) is 18.9 Å². The molecule has 0 atom stereocenters. The van der Waals surface area contributed by atoms with Gasteiger partial charge in [-0.05, 0) is 95.3 Å². The molecule has 2 aliphatic rings. The van der Waals surface area contributed by atoms with Crippen LogP contribution in [0.4, 0.5) is 0 Å². The zero-order chi connectivity index (χ0) is 43.9. The summed E-state index contributed by atoms with van der Waals surface area (Å²) in [4.78, 5) is 11.5. The first-order valence-electron chi connectivity index (χ1n) is 24.1. The summed E-state index contributed by atoms with van der Waals surface area (Å²) in [6.07, 6.45) is 12.9. The number of imidazole rings is 1. The normalized spacial score (nSPS) is 18.4. The molecule has 0 saturated heterocycles. The van der Waals surface area contributed by atoms with Gasteiger partial charge in [0.2, 0.25) is 0 Å². The van der Waals surface area contributed by atoms with Crippen LogP contribution in [0.15, 0.2) is 169 Å². The molecule has 4 heterocycles. The zero-order valence-corrected chi connectivity index (χ0v) is 39.7. The topological polar surface area (TPSA) is 35.1 Å². The molecule has 6 heteroatoms. The van der Waals surface area contributed by atoms with E-state index in [2.05, 4.69) is 155 Å².